The number of ketones is 1. The fraction of sp³-hybridized carbons (Fsp3) is 0.240. The minimum atomic E-state index is -0.545. The molecule has 0 aliphatic rings. The van der Waals surface area contributed by atoms with E-state index in [1.165, 1.54) is 23.2 Å². The van der Waals surface area contributed by atoms with Gasteiger partial charge < -0.3 is 4.90 Å². The van der Waals surface area contributed by atoms with E-state index in [0.717, 1.165) is 11.1 Å². The molecule has 0 fully saturated rings. The summed E-state index contributed by atoms with van der Waals surface area (Å²) >= 11 is 0. The third kappa shape index (κ3) is 5.81. The summed E-state index contributed by atoms with van der Waals surface area (Å²) in [4.78, 5) is 29.2. The minimum Gasteiger partial charge on any atom is -0.341 e. The van der Waals surface area contributed by atoms with E-state index in [0.29, 0.717) is 36.0 Å². The summed E-state index contributed by atoms with van der Waals surface area (Å²) in [5, 5.41) is 0. The quantitative estimate of drug-likeness (QED) is 0.370. The molecule has 1 amide bonds. The number of Topliss-reactive ketones (excluding diaryl/α,β-unsaturated/α-hetero) is 1. The maximum Gasteiger partial charge on any atom is 0.222 e. The average molecular weight is 422 g/mol. The zero-order valence-corrected chi connectivity index (χ0v) is 17.6. The monoisotopic (exact) mass is 422 g/mol. The Kier molecular flexibility index (Phi) is 7.23. The van der Waals surface area contributed by atoms with Crippen LogP contribution in [0.4, 0.5) is 8.78 Å². The van der Waals surface area contributed by atoms with Crippen LogP contribution in [-0.4, -0.2) is 28.6 Å². The van der Waals surface area contributed by atoms with Crippen molar-refractivity contribution in [3.63, 3.8) is 0 Å². The topological polar surface area (TPSA) is 50.3 Å². The van der Waals surface area contributed by atoms with Crippen LogP contribution in [0.5, 0.6) is 0 Å². The molecule has 31 heavy (non-hydrogen) atoms. The molecule has 1 heterocycles. The van der Waals surface area contributed by atoms with E-state index in [-0.39, 0.29) is 24.1 Å². The highest BCUT2D eigenvalue weighted by Gasteiger charge is 2.12. The number of pyridine rings is 1. The molecular weight excluding hydrogens is 398 g/mol. The smallest absolute Gasteiger partial charge is 0.222 e. The van der Waals surface area contributed by atoms with Crippen LogP contribution in [-0.2, 0) is 17.8 Å². The summed E-state index contributed by atoms with van der Waals surface area (Å²) < 4.78 is 27.4. The van der Waals surface area contributed by atoms with Gasteiger partial charge in [0.1, 0.15) is 5.82 Å². The Labute approximate surface area is 180 Å². The van der Waals surface area contributed by atoms with Crippen molar-refractivity contribution < 1.29 is 18.4 Å². The molecule has 3 aromatic rings. The van der Waals surface area contributed by atoms with Gasteiger partial charge in [-0.1, -0.05) is 49.4 Å². The lowest BCUT2D eigenvalue weighted by Crippen LogP contribution is -2.25. The fourth-order valence-corrected chi connectivity index (χ4v) is 3.27. The highest BCUT2D eigenvalue weighted by atomic mass is 19.1. The molecule has 0 aliphatic carbocycles. The van der Waals surface area contributed by atoms with Gasteiger partial charge in [-0.05, 0) is 35.2 Å². The summed E-state index contributed by atoms with van der Waals surface area (Å²) in [6.07, 6.45) is 2.58. The molecule has 160 valence electrons. The number of aryl methyl sites for hydroxylation is 1. The summed E-state index contributed by atoms with van der Waals surface area (Å²) in [5.74, 6) is -0.988. The third-order valence-corrected chi connectivity index (χ3v) is 5.16. The van der Waals surface area contributed by atoms with Gasteiger partial charge in [0, 0.05) is 43.8 Å². The second-order valence-electron chi connectivity index (χ2n) is 7.40. The summed E-state index contributed by atoms with van der Waals surface area (Å²) in [7, 11) is 1.65. The van der Waals surface area contributed by atoms with Gasteiger partial charge in [0.2, 0.25) is 11.9 Å². The number of carbonyl (C=O) groups excluding carboxylic acids is 2. The van der Waals surface area contributed by atoms with E-state index < -0.39 is 5.95 Å². The van der Waals surface area contributed by atoms with Gasteiger partial charge in [0.25, 0.3) is 0 Å². The molecule has 6 heteroatoms. The summed E-state index contributed by atoms with van der Waals surface area (Å²) in [5.41, 5.74) is 3.31. The highest BCUT2D eigenvalue weighted by Crippen LogP contribution is 2.24. The van der Waals surface area contributed by atoms with Crippen LogP contribution >= 0.6 is 0 Å². The molecule has 0 atom stereocenters. The van der Waals surface area contributed by atoms with E-state index >= 15 is 0 Å². The zero-order valence-electron chi connectivity index (χ0n) is 17.6. The second-order valence-corrected chi connectivity index (χ2v) is 7.40. The van der Waals surface area contributed by atoms with Crippen LogP contribution in [0.3, 0.4) is 0 Å². The van der Waals surface area contributed by atoms with Gasteiger partial charge in [-0.25, -0.2) is 9.37 Å². The third-order valence-electron chi connectivity index (χ3n) is 5.16. The lowest BCUT2D eigenvalue weighted by atomic mass is 9.99. The normalized spacial score (nSPS) is 10.7. The molecule has 0 unspecified atom stereocenters. The van der Waals surface area contributed by atoms with Gasteiger partial charge in [0.15, 0.2) is 5.78 Å². The number of halogens is 2. The lowest BCUT2D eigenvalue weighted by Gasteiger charge is -2.17. The van der Waals surface area contributed by atoms with Crippen molar-refractivity contribution in [1.82, 2.24) is 9.88 Å². The Morgan fingerprint density at radius 2 is 1.68 bits per heavy atom. The molecule has 0 aliphatic heterocycles. The Bertz CT molecular complexity index is 1060. The first-order valence-electron chi connectivity index (χ1n) is 10.1. The van der Waals surface area contributed by atoms with Crippen molar-refractivity contribution >= 4 is 11.7 Å². The summed E-state index contributed by atoms with van der Waals surface area (Å²) in [6.45, 7) is 1.99. The number of hydrogen-bond donors (Lipinski definition) is 0. The van der Waals surface area contributed by atoms with E-state index in [9.17, 15) is 18.4 Å². The number of aromatic nitrogens is 1. The van der Waals surface area contributed by atoms with E-state index in [1.807, 2.05) is 0 Å². The molecule has 2 aromatic carbocycles. The average Bonchev–Trinajstić information content (AvgIpc) is 2.79. The molecular formula is C25H24F2N2O2. The molecule has 0 radical (unpaired) electrons. The van der Waals surface area contributed by atoms with E-state index in [4.69, 9.17) is 0 Å². The van der Waals surface area contributed by atoms with Gasteiger partial charge in [-0.15, -0.1) is 0 Å². The van der Waals surface area contributed by atoms with Crippen LogP contribution in [0.1, 0.15) is 41.3 Å². The van der Waals surface area contributed by atoms with Crippen molar-refractivity contribution in [2.24, 2.45) is 0 Å². The van der Waals surface area contributed by atoms with Crippen molar-refractivity contribution in [3.8, 4) is 11.1 Å². The van der Waals surface area contributed by atoms with Crippen LogP contribution in [0, 0.1) is 11.8 Å². The highest BCUT2D eigenvalue weighted by molar-refractivity contribution is 5.96. The maximum atomic E-state index is 14.5. The molecule has 1 aromatic heterocycles. The predicted octanol–water partition coefficient (Wildman–Crippen LogP) is 5.21. The molecule has 0 spiro atoms. The standard InChI is InChI=1S/C25H24F2N2O2/c1-3-25(31)29(2)16-21-11-10-20(14-22(21)26)18-6-8-19(9-7-18)23(30)12-4-17-5-13-24(27)28-15-17/h5-11,13-15H,3-4,12,16H2,1-2H3. The number of benzene rings is 2. The Hall–Kier alpha value is -3.41. The van der Waals surface area contributed by atoms with Crippen LogP contribution in [0.15, 0.2) is 60.8 Å². The van der Waals surface area contributed by atoms with Crippen molar-refractivity contribution in [1.29, 1.82) is 0 Å². The van der Waals surface area contributed by atoms with Crippen molar-refractivity contribution in [3.05, 3.63) is 89.2 Å². The molecule has 0 saturated carbocycles. The SMILES string of the molecule is CCC(=O)N(C)Cc1ccc(-c2ccc(C(=O)CCc3ccc(F)nc3)cc2)cc1F. The molecule has 4 nitrogen and oxygen atoms in total. The number of rotatable bonds is 8. The van der Waals surface area contributed by atoms with Gasteiger partial charge >= 0.3 is 0 Å². The first kappa shape index (κ1) is 22.3. The Morgan fingerprint density at radius 3 is 2.29 bits per heavy atom. The van der Waals surface area contributed by atoms with Gasteiger partial charge in [-0.3, -0.25) is 9.59 Å². The molecule has 0 N–H and O–H groups in total. The van der Waals surface area contributed by atoms with Gasteiger partial charge in [-0.2, -0.15) is 4.39 Å². The zero-order chi connectivity index (χ0) is 22.4. The first-order chi connectivity index (χ1) is 14.9. The fourth-order valence-electron chi connectivity index (χ4n) is 3.27. The van der Waals surface area contributed by atoms with Crippen LogP contribution < -0.4 is 0 Å². The Morgan fingerprint density at radius 1 is 0.968 bits per heavy atom. The second kappa shape index (κ2) is 10.1. The van der Waals surface area contributed by atoms with Crippen LogP contribution in [0.25, 0.3) is 11.1 Å². The number of carbonyl (C=O) groups is 2. The Balaban J connectivity index is 1.65. The number of amides is 1. The first-order valence-corrected chi connectivity index (χ1v) is 10.1. The van der Waals surface area contributed by atoms with Gasteiger partial charge in [0.05, 0.1) is 0 Å². The maximum absolute atomic E-state index is 14.5. The number of hydrogen-bond acceptors (Lipinski definition) is 3. The number of nitrogens with zero attached hydrogens (tertiary/aromatic N) is 2. The van der Waals surface area contributed by atoms with E-state index in [2.05, 4.69) is 4.98 Å². The van der Waals surface area contributed by atoms with E-state index in [1.54, 1.807) is 56.4 Å². The van der Waals surface area contributed by atoms with Crippen LogP contribution in [0.2, 0.25) is 0 Å². The molecule has 0 bridgehead atoms. The predicted molar refractivity (Wildman–Crippen MR) is 115 cm³/mol. The van der Waals surface area contributed by atoms with Crippen molar-refractivity contribution in [2.45, 2.75) is 32.7 Å². The van der Waals surface area contributed by atoms with Crippen molar-refractivity contribution in [2.75, 3.05) is 7.05 Å². The molecule has 3 rings (SSSR count). The lowest BCUT2D eigenvalue weighted by molar-refractivity contribution is -0.130. The largest absolute Gasteiger partial charge is 0.341 e. The minimum absolute atomic E-state index is 0.0268. The molecule has 0 saturated heterocycles. The summed E-state index contributed by atoms with van der Waals surface area (Å²) in [6, 6.07) is 14.8.